The molecule has 1 amide bonds. The van der Waals surface area contributed by atoms with E-state index in [4.69, 9.17) is 17.2 Å². The second-order valence-electron chi connectivity index (χ2n) is 6.71. The largest absolute Gasteiger partial charge is 0.480 e. The van der Waals surface area contributed by atoms with Crippen LogP contribution in [0.2, 0.25) is 0 Å². The van der Waals surface area contributed by atoms with Crippen LogP contribution in [0, 0.1) is 0 Å². The molecule has 9 heteroatoms. The number of nitrogens with zero attached hydrogens (tertiary/aromatic N) is 2. The maximum atomic E-state index is 12.8. The molecule has 0 bridgehead atoms. The Labute approximate surface area is 156 Å². The number of carboxylic acids is 1. The molecule has 1 aromatic heterocycles. The number of H-pyrrole nitrogens is 1. The summed E-state index contributed by atoms with van der Waals surface area (Å²) in [6.07, 6.45) is 1.16. The van der Waals surface area contributed by atoms with Gasteiger partial charge < -0.3 is 32.2 Å². The van der Waals surface area contributed by atoms with Crippen LogP contribution in [0.15, 0.2) is 29.3 Å². The Hall–Kier alpha value is -3.07. The standard InChI is InChI=1S/C18H24N6O3/c19-12(5-3-7-22-18(20)21)16(25)24-9-14-11(8-15(24)17(26)27)10-4-1-2-6-13(10)23-14/h1-2,4,6,12,15,23H,3,5,7-9,19H2,(H,26,27)(H4,20,21,22)/t12-,15-/m0/s1. The topological polar surface area (TPSA) is 164 Å². The van der Waals surface area contributed by atoms with Crippen LogP contribution in [0.5, 0.6) is 0 Å². The normalized spacial score (nSPS) is 17.4. The second-order valence-corrected chi connectivity index (χ2v) is 6.71. The van der Waals surface area contributed by atoms with Gasteiger partial charge in [-0.2, -0.15) is 0 Å². The van der Waals surface area contributed by atoms with Gasteiger partial charge in [0.05, 0.1) is 12.6 Å². The first-order chi connectivity index (χ1) is 12.9. The molecule has 27 heavy (non-hydrogen) atoms. The van der Waals surface area contributed by atoms with Gasteiger partial charge in [-0.15, -0.1) is 0 Å². The summed E-state index contributed by atoms with van der Waals surface area (Å²) < 4.78 is 0. The summed E-state index contributed by atoms with van der Waals surface area (Å²) in [7, 11) is 0. The maximum Gasteiger partial charge on any atom is 0.326 e. The minimum Gasteiger partial charge on any atom is -0.480 e. The molecular formula is C18H24N6O3. The number of aromatic amines is 1. The van der Waals surface area contributed by atoms with E-state index in [0.29, 0.717) is 19.4 Å². The molecule has 1 aliphatic heterocycles. The first kappa shape index (κ1) is 18.7. The molecule has 1 aliphatic rings. The average molecular weight is 372 g/mol. The minimum atomic E-state index is -1.04. The summed E-state index contributed by atoms with van der Waals surface area (Å²) in [6, 6.07) is 5.98. The van der Waals surface area contributed by atoms with E-state index < -0.39 is 18.1 Å². The highest BCUT2D eigenvalue weighted by Gasteiger charge is 2.37. The number of benzene rings is 1. The predicted molar refractivity (Wildman–Crippen MR) is 102 cm³/mol. The molecule has 9 nitrogen and oxygen atoms in total. The number of para-hydroxylation sites is 1. The van der Waals surface area contributed by atoms with E-state index in [-0.39, 0.29) is 24.8 Å². The lowest BCUT2D eigenvalue weighted by Gasteiger charge is -2.34. The first-order valence-corrected chi connectivity index (χ1v) is 8.81. The highest BCUT2D eigenvalue weighted by molar-refractivity contribution is 5.90. The molecule has 0 unspecified atom stereocenters. The number of hydrogen-bond acceptors (Lipinski definition) is 4. The molecule has 144 valence electrons. The van der Waals surface area contributed by atoms with Crippen LogP contribution in [-0.4, -0.2) is 51.5 Å². The number of fused-ring (bicyclic) bond motifs is 3. The molecule has 0 fully saturated rings. The highest BCUT2D eigenvalue weighted by Crippen LogP contribution is 2.30. The summed E-state index contributed by atoms with van der Waals surface area (Å²) in [5, 5.41) is 10.7. The number of amides is 1. The number of hydrogen-bond donors (Lipinski definition) is 5. The van der Waals surface area contributed by atoms with Gasteiger partial charge in [-0.1, -0.05) is 18.2 Å². The monoisotopic (exact) mass is 372 g/mol. The fourth-order valence-electron chi connectivity index (χ4n) is 3.52. The summed E-state index contributed by atoms with van der Waals surface area (Å²) in [5.74, 6) is -1.42. The molecule has 3 rings (SSSR count). The second kappa shape index (κ2) is 7.67. The van der Waals surface area contributed by atoms with Gasteiger partial charge in [-0.05, 0) is 24.5 Å². The smallest absolute Gasteiger partial charge is 0.326 e. The molecule has 8 N–H and O–H groups in total. The van der Waals surface area contributed by atoms with Gasteiger partial charge in [-0.25, -0.2) is 4.79 Å². The van der Waals surface area contributed by atoms with Gasteiger partial charge in [0, 0.05) is 29.6 Å². The van der Waals surface area contributed by atoms with Crippen LogP contribution in [0.1, 0.15) is 24.1 Å². The van der Waals surface area contributed by atoms with Crippen LogP contribution in [0.3, 0.4) is 0 Å². The molecule has 2 heterocycles. The summed E-state index contributed by atoms with van der Waals surface area (Å²) >= 11 is 0. The SMILES string of the molecule is NC(N)=NCCC[C@H](N)C(=O)N1Cc2[nH]c3ccccc3c2C[C@H]1C(=O)O. The minimum absolute atomic E-state index is 0.0109. The van der Waals surface area contributed by atoms with Gasteiger partial charge in [0.1, 0.15) is 6.04 Å². The zero-order valence-corrected chi connectivity index (χ0v) is 14.9. The number of carbonyl (C=O) groups is 2. The number of rotatable bonds is 6. The first-order valence-electron chi connectivity index (χ1n) is 8.81. The van der Waals surface area contributed by atoms with Gasteiger partial charge in [0.2, 0.25) is 5.91 Å². The van der Waals surface area contributed by atoms with E-state index in [1.54, 1.807) is 0 Å². The van der Waals surface area contributed by atoms with Crippen molar-refractivity contribution in [2.24, 2.45) is 22.2 Å². The molecule has 1 aromatic carbocycles. The van der Waals surface area contributed by atoms with Crippen molar-refractivity contribution in [3.05, 3.63) is 35.5 Å². The zero-order chi connectivity index (χ0) is 19.6. The maximum absolute atomic E-state index is 12.8. The Morgan fingerprint density at radius 2 is 2.07 bits per heavy atom. The number of aliphatic imine (C=N–C) groups is 1. The number of aliphatic carboxylic acids is 1. The molecule has 2 atom stereocenters. The summed E-state index contributed by atoms with van der Waals surface area (Å²) in [5.41, 5.74) is 19.3. The van der Waals surface area contributed by atoms with Gasteiger partial charge >= 0.3 is 5.97 Å². The molecule has 0 saturated carbocycles. The predicted octanol–water partition coefficient (Wildman–Crippen LogP) is -0.113. The number of nitrogens with two attached hydrogens (primary N) is 3. The Kier molecular flexibility index (Phi) is 5.31. The number of guanidine groups is 1. The lowest BCUT2D eigenvalue weighted by Crippen LogP contribution is -2.53. The van der Waals surface area contributed by atoms with E-state index >= 15 is 0 Å². The average Bonchev–Trinajstić information content (AvgIpc) is 3.00. The van der Waals surface area contributed by atoms with E-state index in [1.165, 1.54) is 4.90 Å². The fourth-order valence-corrected chi connectivity index (χ4v) is 3.52. The Bertz CT molecular complexity index is 886. The third kappa shape index (κ3) is 3.87. The van der Waals surface area contributed by atoms with Gasteiger partial charge in [-0.3, -0.25) is 9.79 Å². The van der Waals surface area contributed by atoms with Crippen molar-refractivity contribution in [1.29, 1.82) is 0 Å². The Balaban J connectivity index is 1.78. The van der Waals surface area contributed by atoms with Crippen LogP contribution >= 0.6 is 0 Å². The van der Waals surface area contributed by atoms with E-state index in [9.17, 15) is 14.7 Å². The molecule has 2 aromatic rings. The molecule has 0 aliphatic carbocycles. The van der Waals surface area contributed by atoms with Crippen molar-refractivity contribution in [3.63, 3.8) is 0 Å². The van der Waals surface area contributed by atoms with Crippen LogP contribution in [0.4, 0.5) is 0 Å². The molecular weight excluding hydrogens is 348 g/mol. The van der Waals surface area contributed by atoms with Crippen LogP contribution < -0.4 is 17.2 Å². The van der Waals surface area contributed by atoms with Crippen molar-refractivity contribution in [2.45, 2.75) is 37.9 Å². The zero-order valence-electron chi connectivity index (χ0n) is 14.9. The molecule has 0 saturated heterocycles. The van der Waals surface area contributed by atoms with E-state index in [2.05, 4.69) is 9.98 Å². The van der Waals surface area contributed by atoms with Gasteiger partial charge in [0.25, 0.3) is 0 Å². The van der Waals surface area contributed by atoms with E-state index in [0.717, 1.165) is 22.2 Å². The van der Waals surface area contributed by atoms with Crippen molar-refractivity contribution in [2.75, 3.05) is 6.54 Å². The molecule has 0 radical (unpaired) electrons. The number of carboxylic acid groups (broad SMARTS) is 1. The lowest BCUT2D eigenvalue weighted by molar-refractivity contribution is -0.152. The van der Waals surface area contributed by atoms with Crippen molar-refractivity contribution >= 4 is 28.7 Å². The highest BCUT2D eigenvalue weighted by atomic mass is 16.4. The lowest BCUT2D eigenvalue weighted by atomic mass is 9.95. The quantitative estimate of drug-likeness (QED) is 0.270. The third-order valence-corrected chi connectivity index (χ3v) is 4.86. The summed E-state index contributed by atoms with van der Waals surface area (Å²) in [4.78, 5) is 33.1. The van der Waals surface area contributed by atoms with Crippen molar-refractivity contribution < 1.29 is 14.7 Å². The number of nitrogens with one attached hydrogen (secondary N) is 1. The van der Waals surface area contributed by atoms with E-state index in [1.807, 2.05) is 24.3 Å². The van der Waals surface area contributed by atoms with Crippen LogP contribution in [0.25, 0.3) is 10.9 Å². The Morgan fingerprint density at radius 3 is 2.78 bits per heavy atom. The van der Waals surface area contributed by atoms with Gasteiger partial charge in [0.15, 0.2) is 5.96 Å². The number of carbonyl (C=O) groups excluding carboxylic acids is 1. The third-order valence-electron chi connectivity index (χ3n) is 4.86. The van der Waals surface area contributed by atoms with Crippen LogP contribution in [-0.2, 0) is 22.6 Å². The Morgan fingerprint density at radius 1 is 1.33 bits per heavy atom. The number of aromatic nitrogens is 1. The summed E-state index contributed by atoms with van der Waals surface area (Å²) in [6.45, 7) is 0.569. The fraction of sp³-hybridized carbons (Fsp3) is 0.389. The van der Waals surface area contributed by atoms with Crippen molar-refractivity contribution in [3.8, 4) is 0 Å². The van der Waals surface area contributed by atoms with Crippen molar-refractivity contribution in [1.82, 2.24) is 9.88 Å². The molecule has 0 spiro atoms.